The van der Waals surface area contributed by atoms with Crippen molar-refractivity contribution in [1.82, 2.24) is 4.98 Å². The van der Waals surface area contributed by atoms with Crippen LogP contribution in [0.15, 0.2) is 6.07 Å². The Labute approximate surface area is 130 Å². The average molecular weight is 318 g/mol. The molecule has 1 saturated carbocycles. The molecular formula is C14H21Cl2N3O. The highest BCUT2D eigenvalue weighted by Crippen LogP contribution is 2.34. The number of halogens is 2. The predicted molar refractivity (Wildman–Crippen MR) is 85.1 cm³/mol. The highest BCUT2D eigenvalue weighted by atomic mass is 35.5. The van der Waals surface area contributed by atoms with Crippen LogP contribution in [0.3, 0.4) is 0 Å². The molecule has 1 fully saturated rings. The molecule has 0 atom stereocenters. The lowest BCUT2D eigenvalue weighted by molar-refractivity contribution is 0.0558. The zero-order chi connectivity index (χ0) is 14.8. The Bertz CT molecular complexity index is 476. The molecule has 0 amide bonds. The van der Waals surface area contributed by atoms with Gasteiger partial charge in [-0.1, -0.05) is 36.0 Å². The van der Waals surface area contributed by atoms with Gasteiger partial charge in [0.1, 0.15) is 11.6 Å². The van der Waals surface area contributed by atoms with Crippen molar-refractivity contribution in [2.24, 2.45) is 0 Å². The van der Waals surface area contributed by atoms with E-state index in [2.05, 4.69) is 10.3 Å². The molecule has 4 nitrogen and oxygen atoms in total. The van der Waals surface area contributed by atoms with Crippen LogP contribution in [0, 0.1) is 0 Å². The van der Waals surface area contributed by atoms with Crippen LogP contribution in [-0.4, -0.2) is 35.8 Å². The molecule has 2 rings (SSSR count). The lowest BCUT2D eigenvalue weighted by Gasteiger charge is -2.30. The second kappa shape index (κ2) is 6.37. The minimum Gasteiger partial charge on any atom is -0.388 e. The molecule has 112 valence electrons. The van der Waals surface area contributed by atoms with Gasteiger partial charge in [-0.3, -0.25) is 0 Å². The first kappa shape index (κ1) is 15.7. The molecular weight excluding hydrogens is 297 g/mol. The van der Waals surface area contributed by atoms with E-state index in [0.29, 0.717) is 28.2 Å². The van der Waals surface area contributed by atoms with Crippen molar-refractivity contribution in [3.05, 3.63) is 16.1 Å². The maximum atomic E-state index is 10.5. The summed E-state index contributed by atoms with van der Waals surface area (Å²) in [4.78, 5) is 6.38. The number of hydrogen-bond donors (Lipinski definition) is 2. The highest BCUT2D eigenvalue weighted by Gasteiger charge is 2.33. The third-order valence-corrected chi connectivity index (χ3v) is 4.25. The van der Waals surface area contributed by atoms with Gasteiger partial charge in [0, 0.05) is 20.1 Å². The van der Waals surface area contributed by atoms with E-state index in [4.69, 9.17) is 23.2 Å². The number of hydrogen-bond acceptors (Lipinski definition) is 4. The molecule has 1 aliphatic carbocycles. The number of anilines is 2. The molecule has 20 heavy (non-hydrogen) atoms. The van der Waals surface area contributed by atoms with Crippen LogP contribution in [0.1, 0.15) is 32.6 Å². The molecule has 0 radical (unpaired) electrons. The first-order valence-electron chi connectivity index (χ1n) is 6.98. The third kappa shape index (κ3) is 3.48. The first-order chi connectivity index (χ1) is 9.45. The molecule has 1 aromatic rings. The Morgan fingerprint density at radius 3 is 2.60 bits per heavy atom. The molecule has 1 aliphatic rings. The van der Waals surface area contributed by atoms with Crippen molar-refractivity contribution in [2.75, 3.05) is 30.4 Å². The molecule has 0 unspecified atom stereocenters. The van der Waals surface area contributed by atoms with Gasteiger partial charge in [0.15, 0.2) is 0 Å². The van der Waals surface area contributed by atoms with Crippen molar-refractivity contribution in [2.45, 2.75) is 38.2 Å². The fraction of sp³-hybridized carbons (Fsp3) is 0.643. The molecule has 2 N–H and O–H groups in total. The predicted octanol–water partition coefficient (Wildman–Crippen LogP) is 3.56. The van der Waals surface area contributed by atoms with Crippen LogP contribution in [0.4, 0.5) is 11.6 Å². The molecule has 0 bridgehead atoms. The lowest BCUT2D eigenvalue weighted by Crippen LogP contribution is -2.39. The van der Waals surface area contributed by atoms with Gasteiger partial charge in [-0.15, -0.1) is 0 Å². The Hall–Kier alpha value is -0.710. The van der Waals surface area contributed by atoms with Crippen LogP contribution in [0.2, 0.25) is 10.0 Å². The second-order valence-electron chi connectivity index (χ2n) is 5.44. The molecule has 0 aromatic carbocycles. The summed E-state index contributed by atoms with van der Waals surface area (Å²) in [5.41, 5.74) is -0.627. The van der Waals surface area contributed by atoms with E-state index in [1.807, 2.05) is 18.9 Å². The zero-order valence-corrected chi connectivity index (χ0v) is 13.4. The molecule has 0 saturated heterocycles. The van der Waals surface area contributed by atoms with Crippen LogP contribution >= 0.6 is 23.2 Å². The van der Waals surface area contributed by atoms with E-state index < -0.39 is 5.60 Å². The van der Waals surface area contributed by atoms with E-state index >= 15 is 0 Å². The van der Waals surface area contributed by atoms with Crippen LogP contribution < -0.4 is 10.2 Å². The van der Waals surface area contributed by atoms with Crippen molar-refractivity contribution in [1.29, 1.82) is 0 Å². The van der Waals surface area contributed by atoms with Gasteiger partial charge in [0.05, 0.1) is 15.6 Å². The van der Waals surface area contributed by atoms with Gasteiger partial charge in [-0.05, 0) is 25.8 Å². The smallest absolute Gasteiger partial charge is 0.149 e. The van der Waals surface area contributed by atoms with E-state index in [-0.39, 0.29) is 0 Å². The third-order valence-electron chi connectivity index (χ3n) is 3.68. The fourth-order valence-corrected chi connectivity index (χ4v) is 3.29. The normalized spacial score (nSPS) is 17.2. The van der Waals surface area contributed by atoms with Gasteiger partial charge in [0.2, 0.25) is 0 Å². The maximum Gasteiger partial charge on any atom is 0.149 e. The SMILES string of the molecule is CCNc1nc(N(C)CC2(O)CCCC2)c(Cl)cc1Cl. The molecule has 0 spiro atoms. The van der Waals surface area contributed by atoms with Gasteiger partial charge in [-0.25, -0.2) is 4.98 Å². The summed E-state index contributed by atoms with van der Waals surface area (Å²) in [5, 5.41) is 14.6. The summed E-state index contributed by atoms with van der Waals surface area (Å²) in [6.07, 6.45) is 3.83. The van der Waals surface area contributed by atoms with E-state index in [1.54, 1.807) is 6.07 Å². The van der Waals surface area contributed by atoms with Crippen molar-refractivity contribution in [3.8, 4) is 0 Å². The van der Waals surface area contributed by atoms with E-state index in [1.165, 1.54) is 0 Å². The molecule has 0 aliphatic heterocycles. The molecule has 1 heterocycles. The zero-order valence-electron chi connectivity index (χ0n) is 11.9. The number of rotatable bonds is 5. The quantitative estimate of drug-likeness (QED) is 0.871. The largest absolute Gasteiger partial charge is 0.388 e. The Morgan fingerprint density at radius 2 is 2.00 bits per heavy atom. The molecule has 1 aromatic heterocycles. The van der Waals surface area contributed by atoms with E-state index in [9.17, 15) is 5.11 Å². The standard InChI is InChI=1S/C14H21Cl2N3O/c1-3-17-12-10(15)8-11(16)13(18-12)19(2)9-14(20)6-4-5-7-14/h8,20H,3-7,9H2,1-2H3,(H,17,18). The van der Waals surface area contributed by atoms with Gasteiger partial charge < -0.3 is 15.3 Å². The number of nitrogens with zero attached hydrogens (tertiary/aromatic N) is 2. The summed E-state index contributed by atoms with van der Waals surface area (Å²) >= 11 is 12.3. The lowest BCUT2D eigenvalue weighted by atomic mass is 10.0. The number of aromatic nitrogens is 1. The van der Waals surface area contributed by atoms with Gasteiger partial charge in [-0.2, -0.15) is 0 Å². The minimum atomic E-state index is -0.627. The topological polar surface area (TPSA) is 48.4 Å². The van der Waals surface area contributed by atoms with Crippen LogP contribution in [0.5, 0.6) is 0 Å². The molecule has 6 heteroatoms. The summed E-state index contributed by atoms with van der Waals surface area (Å²) in [6, 6.07) is 1.69. The Kier molecular flexibility index (Phi) is 4.99. The minimum absolute atomic E-state index is 0.501. The van der Waals surface area contributed by atoms with Crippen LogP contribution in [0.25, 0.3) is 0 Å². The Morgan fingerprint density at radius 1 is 1.35 bits per heavy atom. The number of likely N-dealkylation sites (N-methyl/N-ethyl adjacent to an activating group) is 1. The van der Waals surface area contributed by atoms with Gasteiger partial charge >= 0.3 is 0 Å². The van der Waals surface area contributed by atoms with Gasteiger partial charge in [0.25, 0.3) is 0 Å². The summed E-state index contributed by atoms with van der Waals surface area (Å²) < 4.78 is 0. The van der Waals surface area contributed by atoms with Crippen LogP contribution in [-0.2, 0) is 0 Å². The summed E-state index contributed by atoms with van der Waals surface area (Å²) in [5.74, 6) is 1.27. The monoisotopic (exact) mass is 317 g/mol. The van der Waals surface area contributed by atoms with E-state index in [0.717, 1.165) is 32.2 Å². The maximum absolute atomic E-state index is 10.5. The Balaban J connectivity index is 2.20. The summed E-state index contributed by atoms with van der Waals surface area (Å²) in [6.45, 7) is 3.26. The number of nitrogens with one attached hydrogen (secondary N) is 1. The first-order valence-corrected chi connectivity index (χ1v) is 7.74. The van der Waals surface area contributed by atoms with Crippen molar-refractivity contribution in [3.63, 3.8) is 0 Å². The average Bonchev–Trinajstić information content (AvgIpc) is 2.79. The van der Waals surface area contributed by atoms with Crippen molar-refractivity contribution >= 4 is 34.8 Å². The summed E-state index contributed by atoms with van der Waals surface area (Å²) in [7, 11) is 1.90. The number of aliphatic hydroxyl groups is 1. The number of pyridine rings is 1. The highest BCUT2D eigenvalue weighted by molar-refractivity contribution is 6.37. The second-order valence-corrected chi connectivity index (χ2v) is 6.26. The van der Waals surface area contributed by atoms with Crippen molar-refractivity contribution < 1.29 is 5.11 Å². The fourth-order valence-electron chi connectivity index (χ4n) is 2.72.